The van der Waals surface area contributed by atoms with Crippen LogP contribution in [0, 0.1) is 6.92 Å². The van der Waals surface area contributed by atoms with Crippen LogP contribution in [0.3, 0.4) is 0 Å². The van der Waals surface area contributed by atoms with Crippen molar-refractivity contribution in [2.24, 2.45) is 16.5 Å². The van der Waals surface area contributed by atoms with Crippen molar-refractivity contribution in [3.8, 4) is 0 Å². The normalized spacial score (nSPS) is 14.2. The predicted molar refractivity (Wildman–Crippen MR) is 116 cm³/mol. The summed E-state index contributed by atoms with van der Waals surface area (Å²) in [7, 11) is 0. The molecule has 2 aromatic rings. The summed E-state index contributed by atoms with van der Waals surface area (Å²) < 4.78 is 0. The van der Waals surface area contributed by atoms with Gasteiger partial charge in [0.05, 0.1) is 23.7 Å². The Morgan fingerprint density at radius 2 is 2.07 bits per heavy atom. The van der Waals surface area contributed by atoms with Crippen LogP contribution in [-0.4, -0.2) is 28.5 Å². The molecular formula is C20H22ClN5O2S. The van der Waals surface area contributed by atoms with E-state index in [2.05, 4.69) is 15.3 Å². The number of nitrogens with two attached hydrogens (primary N) is 2. The van der Waals surface area contributed by atoms with Gasteiger partial charge in [0.25, 0.3) is 0 Å². The van der Waals surface area contributed by atoms with Crippen molar-refractivity contribution >= 4 is 40.4 Å². The van der Waals surface area contributed by atoms with Gasteiger partial charge < -0.3 is 21.9 Å². The summed E-state index contributed by atoms with van der Waals surface area (Å²) in [4.78, 5) is 22.1. The fourth-order valence-corrected chi connectivity index (χ4v) is 4.02. The van der Waals surface area contributed by atoms with E-state index in [-0.39, 0.29) is 25.0 Å². The Morgan fingerprint density at radius 1 is 1.34 bits per heavy atom. The Balaban J connectivity index is 1.71. The number of thiazole rings is 1. The molecule has 1 unspecified atom stereocenters. The van der Waals surface area contributed by atoms with Crippen molar-refractivity contribution < 1.29 is 9.90 Å². The Labute approximate surface area is 177 Å². The first-order valence-electron chi connectivity index (χ1n) is 8.96. The largest absolute Gasteiger partial charge is 0.391 e. The number of aliphatic hydroxyl groups excluding tert-OH is 1. The van der Waals surface area contributed by atoms with E-state index in [9.17, 15) is 9.90 Å². The average Bonchev–Trinajstić information content (AvgIpc) is 3.32. The van der Waals surface area contributed by atoms with Gasteiger partial charge in [-0.2, -0.15) is 0 Å². The molecule has 1 heterocycles. The molecule has 9 heteroatoms. The molecule has 0 bridgehead atoms. The molecular weight excluding hydrogens is 410 g/mol. The van der Waals surface area contributed by atoms with E-state index in [0.717, 1.165) is 21.7 Å². The highest BCUT2D eigenvalue weighted by molar-refractivity contribution is 7.11. The molecule has 1 amide bonds. The number of hydrogen-bond donors (Lipinski definition) is 4. The van der Waals surface area contributed by atoms with Gasteiger partial charge in [0.1, 0.15) is 11.0 Å². The van der Waals surface area contributed by atoms with Gasteiger partial charge in [-0.25, -0.2) is 4.98 Å². The monoisotopic (exact) mass is 431 g/mol. The van der Waals surface area contributed by atoms with Gasteiger partial charge in [0, 0.05) is 17.0 Å². The van der Waals surface area contributed by atoms with Gasteiger partial charge in [0.2, 0.25) is 5.91 Å². The molecule has 29 heavy (non-hydrogen) atoms. The van der Waals surface area contributed by atoms with Crippen LogP contribution in [0.4, 0.5) is 0 Å². The van der Waals surface area contributed by atoms with Crippen molar-refractivity contribution in [1.82, 2.24) is 10.3 Å². The topological polar surface area (TPSA) is 127 Å². The average molecular weight is 432 g/mol. The predicted octanol–water partition coefficient (Wildman–Crippen LogP) is 2.44. The van der Waals surface area contributed by atoms with Gasteiger partial charge in [-0.05, 0) is 30.2 Å². The van der Waals surface area contributed by atoms with E-state index in [0.29, 0.717) is 22.0 Å². The maximum Gasteiger partial charge on any atom is 0.248 e. The molecule has 1 aliphatic carbocycles. The van der Waals surface area contributed by atoms with Gasteiger partial charge in [-0.1, -0.05) is 35.9 Å². The smallest absolute Gasteiger partial charge is 0.248 e. The highest BCUT2D eigenvalue weighted by Crippen LogP contribution is 2.30. The van der Waals surface area contributed by atoms with Gasteiger partial charge in [-0.15, -0.1) is 11.3 Å². The van der Waals surface area contributed by atoms with Gasteiger partial charge in [0.15, 0.2) is 5.96 Å². The molecule has 1 atom stereocenters. The third-order valence-electron chi connectivity index (χ3n) is 4.49. The summed E-state index contributed by atoms with van der Waals surface area (Å²) in [5, 5.41) is 13.7. The van der Waals surface area contributed by atoms with E-state index in [4.69, 9.17) is 23.1 Å². The summed E-state index contributed by atoms with van der Waals surface area (Å²) in [5.74, 6) is -0.272. The molecule has 6 N–H and O–H groups in total. The Bertz CT molecular complexity index is 991. The van der Waals surface area contributed by atoms with Crippen LogP contribution in [0.15, 0.2) is 47.0 Å². The van der Waals surface area contributed by atoms with Crippen LogP contribution < -0.4 is 16.8 Å². The Kier molecular flexibility index (Phi) is 6.68. The number of benzene rings is 1. The lowest BCUT2D eigenvalue weighted by Crippen LogP contribution is -2.33. The fourth-order valence-electron chi connectivity index (χ4n) is 2.92. The standard InChI is InChI=1S/C20H22ClN5O2S/c1-11-17(10-27)29-19(25-11)16(9-24-20(22)23)26-18(28)14-3-2-13(8-14)12-4-6-15(21)7-5-12/h2-7,16,27H,8-10H2,1H3,(H,26,28)(H4,22,23,24). The minimum absolute atomic E-state index is 0.0633. The number of carbonyl (C=O) groups is 1. The molecule has 1 aromatic heterocycles. The third kappa shape index (κ3) is 5.23. The quantitative estimate of drug-likeness (QED) is 0.395. The molecule has 0 saturated heterocycles. The molecule has 0 spiro atoms. The third-order valence-corrected chi connectivity index (χ3v) is 5.99. The van der Waals surface area contributed by atoms with Crippen molar-refractivity contribution in [3.63, 3.8) is 0 Å². The number of nitrogens with one attached hydrogen (secondary N) is 1. The number of rotatable bonds is 7. The van der Waals surface area contributed by atoms with Crippen LogP contribution in [0.2, 0.25) is 5.02 Å². The molecule has 0 fully saturated rings. The number of nitrogens with zero attached hydrogens (tertiary/aromatic N) is 2. The number of aryl methyl sites for hydroxylation is 1. The van der Waals surface area contributed by atoms with Crippen molar-refractivity contribution in [1.29, 1.82) is 0 Å². The van der Waals surface area contributed by atoms with Gasteiger partial charge >= 0.3 is 0 Å². The number of aliphatic hydroxyl groups is 1. The maximum absolute atomic E-state index is 12.8. The number of aromatic nitrogens is 1. The number of amides is 1. The zero-order valence-electron chi connectivity index (χ0n) is 15.9. The summed E-state index contributed by atoms with van der Waals surface area (Å²) >= 11 is 7.27. The van der Waals surface area contributed by atoms with E-state index >= 15 is 0 Å². The molecule has 152 valence electrons. The minimum Gasteiger partial charge on any atom is -0.391 e. The van der Waals surface area contributed by atoms with Crippen LogP contribution >= 0.6 is 22.9 Å². The van der Waals surface area contributed by atoms with Crippen LogP contribution in [0.5, 0.6) is 0 Å². The molecule has 3 rings (SSSR count). The molecule has 0 saturated carbocycles. The van der Waals surface area contributed by atoms with E-state index in [1.165, 1.54) is 11.3 Å². The number of hydrogen-bond acceptors (Lipinski definition) is 5. The SMILES string of the molecule is Cc1nc(C(CN=C(N)N)NC(=O)C2=CC=C(c3ccc(Cl)cc3)C2)sc1CO. The second kappa shape index (κ2) is 9.21. The highest BCUT2D eigenvalue weighted by Gasteiger charge is 2.23. The molecule has 7 nitrogen and oxygen atoms in total. The summed E-state index contributed by atoms with van der Waals surface area (Å²) in [6, 6.07) is 7.02. The van der Waals surface area contributed by atoms with Crippen molar-refractivity contribution in [2.45, 2.75) is 26.0 Å². The molecule has 0 radical (unpaired) electrons. The first-order chi connectivity index (χ1) is 13.9. The van der Waals surface area contributed by atoms with Crippen LogP contribution in [-0.2, 0) is 11.4 Å². The second-order valence-corrected chi connectivity index (χ2v) is 8.13. The lowest BCUT2D eigenvalue weighted by Gasteiger charge is -2.15. The maximum atomic E-state index is 12.8. The number of guanidine groups is 1. The Hall–Kier alpha value is -2.68. The number of halogens is 1. The van der Waals surface area contributed by atoms with Crippen molar-refractivity contribution in [2.75, 3.05) is 6.54 Å². The molecule has 1 aliphatic rings. The summed E-state index contributed by atoms with van der Waals surface area (Å²) in [6.45, 7) is 1.87. The lowest BCUT2D eigenvalue weighted by molar-refractivity contribution is -0.118. The zero-order valence-corrected chi connectivity index (χ0v) is 17.4. The summed E-state index contributed by atoms with van der Waals surface area (Å²) in [6.07, 6.45) is 4.25. The van der Waals surface area contributed by atoms with Crippen LogP contribution in [0.1, 0.15) is 33.6 Å². The number of aliphatic imine (C=N–C) groups is 1. The number of allylic oxidation sites excluding steroid dienone is 3. The molecule has 1 aromatic carbocycles. The number of carbonyl (C=O) groups excluding carboxylic acids is 1. The van der Waals surface area contributed by atoms with Gasteiger partial charge in [-0.3, -0.25) is 9.79 Å². The first kappa shape index (κ1) is 21.0. The minimum atomic E-state index is -0.492. The molecule has 0 aliphatic heterocycles. The lowest BCUT2D eigenvalue weighted by atomic mass is 10.0. The highest BCUT2D eigenvalue weighted by atomic mass is 35.5. The second-order valence-electron chi connectivity index (χ2n) is 6.58. The van der Waals surface area contributed by atoms with E-state index < -0.39 is 6.04 Å². The zero-order chi connectivity index (χ0) is 21.0. The van der Waals surface area contributed by atoms with E-state index in [1.807, 2.05) is 43.3 Å². The fraction of sp³-hybridized carbons (Fsp3) is 0.250. The van der Waals surface area contributed by atoms with E-state index in [1.54, 1.807) is 0 Å². The summed E-state index contributed by atoms with van der Waals surface area (Å²) in [5.41, 5.74) is 14.3. The first-order valence-corrected chi connectivity index (χ1v) is 10.2. The Morgan fingerprint density at radius 3 is 2.69 bits per heavy atom. The van der Waals surface area contributed by atoms with Crippen LogP contribution in [0.25, 0.3) is 5.57 Å². The van der Waals surface area contributed by atoms with Crippen molar-refractivity contribution in [3.05, 3.63) is 68.2 Å².